The van der Waals surface area contributed by atoms with Gasteiger partial charge >= 0.3 is 26.2 Å². The Morgan fingerprint density at radius 2 is 0.839 bits per heavy atom. The maximum Gasteiger partial charge on any atom is 4.00 e. The van der Waals surface area contributed by atoms with E-state index in [9.17, 15) is 0 Å². The second-order valence-corrected chi connectivity index (χ2v) is 22.8. The van der Waals surface area contributed by atoms with Crippen LogP contribution in [-0.4, -0.2) is 8.07 Å². The zero-order valence-corrected chi connectivity index (χ0v) is 41.0. The van der Waals surface area contributed by atoms with Gasteiger partial charge < -0.3 is 24.8 Å². The van der Waals surface area contributed by atoms with Gasteiger partial charge in [0.1, 0.15) is 0 Å². The summed E-state index contributed by atoms with van der Waals surface area (Å²) < 4.78 is 0. The van der Waals surface area contributed by atoms with Gasteiger partial charge in [0.2, 0.25) is 0 Å². The van der Waals surface area contributed by atoms with Crippen molar-refractivity contribution >= 4 is 40.0 Å². The first-order chi connectivity index (χ1) is 25.3. The summed E-state index contributed by atoms with van der Waals surface area (Å²) >= 11 is 0. The van der Waals surface area contributed by atoms with Gasteiger partial charge in [0, 0.05) is 8.07 Å². The van der Waals surface area contributed by atoms with E-state index in [4.69, 9.17) is 0 Å². The fourth-order valence-corrected chi connectivity index (χ4v) is 13.0. The Bertz CT molecular complexity index is 1980. The first-order valence-electron chi connectivity index (χ1n) is 20.9. The number of aryl methyl sites for hydroxylation is 2. The number of benzene rings is 4. The fraction of sp³-hybridized carbons (Fsp3) is 0.423. The molecule has 0 saturated heterocycles. The van der Waals surface area contributed by atoms with E-state index in [0.717, 1.165) is 12.8 Å². The van der Waals surface area contributed by atoms with Crippen LogP contribution in [0.3, 0.4) is 0 Å². The molecule has 0 aliphatic carbocycles. The topological polar surface area (TPSA) is 0 Å². The third-order valence-electron chi connectivity index (χ3n) is 12.0. The van der Waals surface area contributed by atoms with Crippen LogP contribution in [0, 0.1) is 0 Å². The van der Waals surface area contributed by atoms with Gasteiger partial charge in [0.15, 0.2) is 0 Å². The molecule has 56 heavy (non-hydrogen) atoms. The van der Waals surface area contributed by atoms with E-state index < -0.39 is 8.07 Å². The minimum atomic E-state index is -2.32. The Labute approximate surface area is 373 Å². The fourth-order valence-electron chi connectivity index (χ4n) is 8.99. The summed E-state index contributed by atoms with van der Waals surface area (Å²) in [6.45, 7) is 23.9. The molecule has 0 bridgehead atoms. The van der Waals surface area contributed by atoms with Crippen LogP contribution in [0.15, 0.2) is 97.1 Å². The molecule has 4 heteroatoms. The molecule has 0 nitrogen and oxygen atoms in total. The standard InChI is InChI=1S/C52H66Si.2ClH.Zr/c1-11-13-15-17-21-41-35-39-23-19-25-45(37-27-31-43(32-28-37)51(3,4)5)47(39)49(41)53(9,10)50-42(22-18-16-14-12-2)36-40-24-20-26-46(48(40)50)38-29-33-44(34-30-38)52(6,7)8;;;/h19-20,23-36H,11-18,21-22H2,1-10H3;2*1H;/q-2;;;+4/p-2. The van der Waals surface area contributed by atoms with E-state index in [1.54, 1.807) is 21.5 Å². The van der Waals surface area contributed by atoms with Gasteiger partial charge in [-0.25, -0.2) is 0 Å². The molecule has 0 amide bonds. The van der Waals surface area contributed by atoms with Crippen LogP contribution in [-0.2, 0) is 49.9 Å². The Kier molecular flexibility index (Phi) is 17.3. The van der Waals surface area contributed by atoms with Gasteiger partial charge in [-0.1, -0.05) is 192 Å². The Hall–Kier alpha value is -2.22. The average Bonchev–Trinajstić information content (AvgIpc) is 3.70. The average molecular weight is 881 g/mol. The molecule has 0 fully saturated rings. The molecule has 0 aliphatic rings. The predicted octanol–water partition coefficient (Wildman–Crippen LogP) is 8.43. The second kappa shape index (κ2) is 20.2. The molecule has 0 spiro atoms. The van der Waals surface area contributed by atoms with E-state index in [2.05, 4.69) is 166 Å². The molecule has 0 aromatic heterocycles. The van der Waals surface area contributed by atoms with Crippen molar-refractivity contribution in [1.82, 2.24) is 0 Å². The SMILES string of the molecule is CCCCCCc1[cH-]c2cccc(-c3ccc(C(C)(C)C)cc3)c2c1[Si](C)(C)c1c(CCCCCC)[cH-]c2cccc(-c3ccc(C(C)(C)C)cc3)c12.[Cl-].[Cl-].[Zr+4]. The third-order valence-corrected chi connectivity index (χ3v) is 15.6. The molecule has 0 atom stereocenters. The first-order valence-corrected chi connectivity index (χ1v) is 23.9. The van der Waals surface area contributed by atoms with Gasteiger partial charge in [-0.3, -0.25) is 0 Å². The summed E-state index contributed by atoms with van der Waals surface area (Å²) in [6.07, 6.45) is 12.6. The number of rotatable bonds is 14. The van der Waals surface area contributed by atoms with E-state index >= 15 is 0 Å². The van der Waals surface area contributed by atoms with Crippen molar-refractivity contribution in [3.63, 3.8) is 0 Å². The zero-order chi connectivity index (χ0) is 38.0. The minimum absolute atomic E-state index is 0. The zero-order valence-electron chi connectivity index (χ0n) is 36.1. The molecule has 6 aromatic rings. The molecule has 0 N–H and O–H groups in total. The van der Waals surface area contributed by atoms with Crippen LogP contribution in [0.2, 0.25) is 13.1 Å². The quantitative estimate of drug-likeness (QED) is 0.0586. The van der Waals surface area contributed by atoms with Crippen LogP contribution in [0.5, 0.6) is 0 Å². The summed E-state index contributed by atoms with van der Waals surface area (Å²) in [5.41, 5.74) is 11.7. The maximum atomic E-state index is 2.70. The van der Waals surface area contributed by atoms with Gasteiger partial charge in [0.25, 0.3) is 0 Å². The van der Waals surface area contributed by atoms with Crippen LogP contribution in [0.1, 0.15) is 129 Å². The molecule has 0 aliphatic heterocycles. The molecule has 0 heterocycles. The molecular formula is C52H66Cl2SiZr. The van der Waals surface area contributed by atoms with Crippen molar-refractivity contribution in [2.24, 2.45) is 0 Å². The molecule has 0 unspecified atom stereocenters. The van der Waals surface area contributed by atoms with Crippen molar-refractivity contribution in [3.05, 3.63) is 119 Å². The molecule has 0 radical (unpaired) electrons. The summed E-state index contributed by atoms with van der Waals surface area (Å²) in [5.74, 6) is 0. The van der Waals surface area contributed by atoms with E-state index in [-0.39, 0.29) is 61.8 Å². The minimum Gasteiger partial charge on any atom is -1.00 e. The molecule has 6 rings (SSSR count). The third kappa shape index (κ3) is 10.3. The Morgan fingerprint density at radius 3 is 1.16 bits per heavy atom. The summed E-state index contributed by atoms with van der Waals surface area (Å²) in [7, 11) is -2.32. The largest absolute Gasteiger partial charge is 4.00 e. The summed E-state index contributed by atoms with van der Waals surface area (Å²) in [6, 6.07) is 38.4. The van der Waals surface area contributed by atoms with Crippen LogP contribution >= 0.6 is 0 Å². The number of halogens is 2. The van der Waals surface area contributed by atoms with E-state index in [1.165, 1.54) is 106 Å². The number of unbranched alkanes of at least 4 members (excludes halogenated alkanes) is 6. The number of hydrogen-bond donors (Lipinski definition) is 0. The van der Waals surface area contributed by atoms with Crippen molar-refractivity contribution < 1.29 is 51.0 Å². The Balaban J connectivity index is 0.00000280. The molecule has 296 valence electrons. The van der Waals surface area contributed by atoms with Crippen LogP contribution in [0.4, 0.5) is 0 Å². The molecular weight excluding hydrogens is 815 g/mol. The predicted molar refractivity (Wildman–Crippen MR) is 240 cm³/mol. The van der Waals surface area contributed by atoms with Crippen molar-refractivity contribution in [1.29, 1.82) is 0 Å². The Morgan fingerprint density at radius 1 is 0.482 bits per heavy atom. The monoisotopic (exact) mass is 878 g/mol. The maximum absolute atomic E-state index is 2.70. The summed E-state index contributed by atoms with van der Waals surface area (Å²) in [5, 5.41) is 9.22. The van der Waals surface area contributed by atoms with Crippen molar-refractivity contribution in [2.45, 2.75) is 144 Å². The smallest absolute Gasteiger partial charge is 1.00 e. The molecule has 6 aromatic carbocycles. The van der Waals surface area contributed by atoms with Crippen molar-refractivity contribution in [2.75, 3.05) is 0 Å². The number of fused-ring (bicyclic) bond motifs is 2. The summed E-state index contributed by atoms with van der Waals surface area (Å²) in [4.78, 5) is 0. The van der Waals surface area contributed by atoms with Crippen LogP contribution < -0.4 is 35.2 Å². The van der Waals surface area contributed by atoms with Gasteiger partial charge in [-0.15, -0.1) is 69.1 Å². The molecule has 0 saturated carbocycles. The second-order valence-electron chi connectivity index (χ2n) is 18.5. The normalized spacial score (nSPS) is 12.0. The van der Waals surface area contributed by atoms with Gasteiger partial charge in [-0.05, 0) is 45.9 Å². The van der Waals surface area contributed by atoms with Gasteiger partial charge in [0.05, 0.1) is 0 Å². The van der Waals surface area contributed by atoms with E-state index in [0.29, 0.717) is 0 Å². The number of hydrogen-bond acceptors (Lipinski definition) is 0. The van der Waals surface area contributed by atoms with Crippen molar-refractivity contribution in [3.8, 4) is 22.3 Å². The van der Waals surface area contributed by atoms with Crippen LogP contribution in [0.25, 0.3) is 43.8 Å². The van der Waals surface area contributed by atoms with Gasteiger partial charge in [-0.2, -0.15) is 10.4 Å². The van der Waals surface area contributed by atoms with E-state index in [1.807, 2.05) is 0 Å². The first kappa shape index (κ1) is 48.2.